The number of carbonyl (C=O) groups is 2. The first-order valence-electron chi connectivity index (χ1n) is 11.5. The van der Waals surface area contributed by atoms with E-state index in [0.29, 0.717) is 17.7 Å². The third-order valence-corrected chi connectivity index (χ3v) is 8.31. The van der Waals surface area contributed by atoms with E-state index < -0.39 is 31.3 Å². The molecule has 1 saturated heterocycles. The summed E-state index contributed by atoms with van der Waals surface area (Å²) in [7, 11) is 0.176. The highest BCUT2D eigenvalue weighted by atomic mass is 28.3. The number of carbonyl (C=O) groups excluding carboxylic acids is 1. The van der Waals surface area contributed by atoms with Gasteiger partial charge in [-0.05, 0) is 47.9 Å². The van der Waals surface area contributed by atoms with Crippen molar-refractivity contribution in [3.63, 3.8) is 0 Å². The summed E-state index contributed by atoms with van der Waals surface area (Å²) >= 11 is 0. The number of hydrogen-bond donors (Lipinski definition) is 2. The fourth-order valence-electron chi connectivity index (χ4n) is 4.53. The molecule has 1 aliphatic heterocycles. The summed E-state index contributed by atoms with van der Waals surface area (Å²) < 4.78 is 11.0. The Hall–Kier alpha value is -2.84. The maximum atomic E-state index is 12.9. The average Bonchev–Trinajstić information content (AvgIpc) is 3.06. The minimum Gasteiger partial charge on any atom is -0.496 e. The van der Waals surface area contributed by atoms with Gasteiger partial charge < -0.3 is 19.7 Å². The standard InChI is InChI=1S/C26H35NO6Si/c1-7-8-20-21-15-19(11-9-18(21)10-12-22(20)32-3)26(31)16-25(2,23(28)29)27(17-26)24(30)33-13-14-34(4,5)6/h7,9-12,15,31H,1,8,13-14,16-17H2,2-6H3,(H,28,29)/t25-,26-/m0/s1. The number of rotatable bonds is 8. The molecular formula is C26H35NO6Si. The third-order valence-electron chi connectivity index (χ3n) is 6.61. The molecule has 1 amide bonds. The lowest BCUT2D eigenvalue weighted by molar-refractivity contribution is -0.148. The second-order valence-electron chi connectivity index (χ2n) is 10.5. The molecule has 2 aromatic carbocycles. The van der Waals surface area contributed by atoms with Gasteiger partial charge in [-0.25, -0.2) is 9.59 Å². The second kappa shape index (κ2) is 9.42. The van der Waals surface area contributed by atoms with Crippen molar-refractivity contribution in [3.8, 4) is 5.75 Å². The van der Waals surface area contributed by atoms with Crippen LogP contribution >= 0.6 is 0 Å². The largest absolute Gasteiger partial charge is 0.496 e. The topological polar surface area (TPSA) is 96.3 Å². The zero-order valence-electron chi connectivity index (χ0n) is 20.7. The first kappa shape index (κ1) is 25.8. The van der Waals surface area contributed by atoms with Crippen LogP contribution in [0.25, 0.3) is 10.8 Å². The normalized spacial score (nSPS) is 22.6. The van der Waals surface area contributed by atoms with Gasteiger partial charge in [0.2, 0.25) is 0 Å². The van der Waals surface area contributed by atoms with Crippen LogP contribution in [0.1, 0.15) is 24.5 Å². The average molecular weight is 486 g/mol. The van der Waals surface area contributed by atoms with E-state index in [1.54, 1.807) is 19.3 Å². The van der Waals surface area contributed by atoms with Gasteiger partial charge in [-0.15, -0.1) is 6.58 Å². The maximum absolute atomic E-state index is 12.9. The van der Waals surface area contributed by atoms with Crippen molar-refractivity contribution in [1.29, 1.82) is 0 Å². The van der Waals surface area contributed by atoms with Crippen molar-refractivity contribution in [3.05, 3.63) is 54.1 Å². The van der Waals surface area contributed by atoms with Crippen LogP contribution in [0.3, 0.4) is 0 Å². The van der Waals surface area contributed by atoms with Crippen molar-refractivity contribution < 1.29 is 29.3 Å². The van der Waals surface area contributed by atoms with E-state index in [0.717, 1.165) is 27.3 Å². The van der Waals surface area contributed by atoms with Crippen LogP contribution in [-0.4, -0.2) is 61.0 Å². The van der Waals surface area contributed by atoms with Gasteiger partial charge >= 0.3 is 12.1 Å². The number of hydrogen-bond acceptors (Lipinski definition) is 5. The molecule has 34 heavy (non-hydrogen) atoms. The lowest BCUT2D eigenvalue weighted by Gasteiger charge is -2.30. The smallest absolute Gasteiger partial charge is 0.410 e. The predicted molar refractivity (Wildman–Crippen MR) is 135 cm³/mol. The Labute approximate surface area is 202 Å². The third kappa shape index (κ3) is 4.98. The summed E-state index contributed by atoms with van der Waals surface area (Å²) in [4.78, 5) is 26.3. The van der Waals surface area contributed by atoms with Crippen molar-refractivity contribution in [1.82, 2.24) is 4.90 Å². The van der Waals surface area contributed by atoms with E-state index in [9.17, 15) is 19.8 Å². The molecular weight excluding hydrogens is 450 g/mol. The molecule has 0 unspecified atom stereocenters. The molecule has 2 aromatic rings. The molecule has 0 aromatic heterocycles. The van der Waals surface area contributed by atoms with Crippen molar-refractivity contribution in [2.24, 2.45) is 0 Å². The van der Waals surface area contributed by atoms with E-state index >= 15 is 0 Å². The number of allylic oxidation sites excluding steroid dienone is 1. The highest BCUT2D eigenvalue weighted by Gasteiger charge is 2.57. The summed E-state index contributed by atoms with van der Waals surface area (Å²) in [6.45, 7) is 11.9. The molecule has 1 fully saturated rings. The van der Waals surface area contributed by atoms with Gasteiger partial charge in [0, 0.05) is 20.1 Å². The monoisotopic (exact) mass is 485 g/mol. The SMILES string of the molecule is C=CCc1c(OC)ccc2ccc([C@@]3(O)CN(C(=O)OCC[Si](C)(C)C)[C@](C)(C(=O)O)C3)cc12. The van der Waals surface area contributed by atoms with Crippen LogP contribution in [0.5, 0.6) is 5.75 Å². The Balaban J connectivity index is 1.99. The molecule has 1 aliphatic rings. The Bertz CT molecular complexity index is 1110. The molecule has 0 aliphatic carbocycles. The van der Waals surface area contributed by atoms with Crippen molar-refractivity contribution >= 4 is 30.9 Å². The van der Waals surface area contributed by atoms with E-state index in [-0.39, 0.29) is 19.6 Å². The van der Waals surface area contributed by atoms with E-state index in [2.05, 4.69) is 26.2 Å². The highest BCUT2D eigenvalue weighted by Crippen LogP contribution is 2.44. The zero-order valence-corrected chi connectivity index (χ0v) is 21.7. The molecule has 0 spiro atoms. The van der Waals surface area contributed by atoms with Gasteiger partial charge in [-0.2, -0.15) is 0 Å². The molecule has 7 nitrogen and oxygen atoms in total. The quantitative estimate of drug-likeness (QED) is 0.412. The molecule has 2 N–H and O–H groups in total. The zero-order chi connectivity index (χ0) is 25.3. The van der Waals surface area contributed by atoms with Gasteiger partial charge in [-0.1, -0.05) is 43.9 Å². The van der Waals surface area contributed by atoms with Crippen molar-refractivity contribution in [2.45, 2.75) is 56.6 Å². The number of nitrogens with zero attached hydrogens (tertiary/aromatic N) is 1. The number of amides is 1. The first-order chi connectivity index (χ1) is 15.8. The Morgan fingerprint density at radius 1 is 1.24 bits per heavy atom. The Kier molecular flexibility index (Phi) is 7.14. The summed E-state index contributed by atoms with van der Waals surface area (Å²) in [5, 5.41) is 23.5. The molecule has 1 heterocycles. The number of fused-ring (bicyclic) bond motifs is 1. The van der Waals surface area contributed by atoms with Gasteiger partial charge in [0.25, 0.3) is 0 Å². The maximum Gasteiger partial charge on any atom is 0.410 e. The molecule has 184 valence electrons. The second-order valence-corrected chi connectivity index (χ2v) is 16.1. The van der Waals surface area contributed by atoms with Crippen LogP contribution in [-0.2, 0) is 21.6 Å². The minimum absolute atomic E-state index is 0.148. The summed E-state index contributed by atoms with van der Waals surface area (Å²) in [5.41, 5.74) is -1.67. The summed E-state index contributed by atoms with van der Waals surface area (Å²) in [5.74, 6) is -0.466. The van der Waals surface area contributed by atoms with Crippen LogP contribution < -0.4 is 4.74 Å². The Morgan fingerprint density at radius 3 is 2.50 bits per heavy atom. The van der Waals surface area contributed by atoms with Gasteiger partial charge in [0.1, 0.15) is 16.9 Å². The predicted octanol–water partition coefficient (Wildman–Crippen LogP) is 4.79. The number of carboxylic acids is 1. The van der Waals surface area contributed by atoms with Crippen LogP contribution in [0.15, 0.2) is 43.0 Å². The van der Waals surface area contributed by atoms with Crippen molar-refractivity contribution in [2.75, 3.05) is 20.3 Å². The number of methoxy groups -OCH3 is 1. The summed E-state index contributed by atoms with van der Waals surface area (Å²) in [6, 6.07) is 10.1. The van der Waals surface area contributed by atoms with E-state index in [1.807, 2.05) is 24.3 Å². The molecule has 0 bridgehead atoms. The van der Waals surface area contributed by atoms with Crippen LogP contribution in [0, 0.1) is 0 Å². The number of carboxylic acid groups (broad SMARTS) is 1. The lowest BCUT2D eigenvalue weighted by Crippen LogP contribution is -2.51. The fraction of sp³-hybridized carbons (Fsp3) is 0.462. The van der Waals surface area contributed by atoms with Crippen LogP contribution in [0.2, 0.25) is 25.7 Å². The van der Waals surface area contributed by atoms with Crippen LogP contribution in [0.4, 0.5) is 4.79 Å². The number of benzene rings is 2. The molecule has 2 atom stereocenters. The summed E-state index contributed by atoms with van der Waals surface area (Å²) in [6.07, 6.45) is 1.50. The van der Waals surface area contributed by atoms with Gasteiger partial charge in [0.15, 0.2) is 0 Å². The number of ether oxygens (including phenoxy) is 2. The van der Waals surface area contributed by atoms with E-state index in [1.165, 1.54) is 6.92 Å². The highest BCUT2D eigenvalue weighted by molar-refractivity contribution is 6.76. The number of β-amino-alcohol motifs (C(OH)–C–C–N with tert-alkyl or cyclic N) is 1. The molecule has 0 saturated carbocycles. The molecule has 0 radical (unpaired) electrons. The number of likely N-dealkylation sites (tertiary alicyclic amines) is 1. The number of aliphatic hydroxyl groups is 1. The lowest BCUT2D eigenvalue weighted by atomic mass is 9.84. The Morgan fingerprint density at radius 2 is 1.91 bits per heavy atom. The molecule has 8 heteroatoms. The van der Waals surface area contributed by atoms with Gasteiger partial charge in [0.05, 0.1) is 20.3 Å². The number of aliphatic carboxylic acids is 1. The van der Waals surface area contributed by atoms with Gasteiger partial charge in [-0.3, -0.25) is 4.90 Å². The first-order valence-corrected chi connectivity index (χ1v) is 15.2. The van der Waals surface area contributed by atoms with E-state index in [4.69, 9.17) is 9.47 Å². The molecule has 3 rings (SSSR count). The minimum atomic E-state index is -1.60. The fourth-order valence-corrected chi connectivity index (χ4v) is 5.24.